The van der Waals surface area contributed by atoms with Crippen molar-refractivity contribution >= 4 is 32.4 Å². The predicted molar refractivity (Wildman–Crippen MR) is 298 cm³/mol. The molecule has 0 spiro atoms. The summed E-state index contributed by atoms with van der Waals surface area (Å²) in [6, 6.07) is 75.0. The van der Waals surface area contributed by atoms with Crippen LogP contribution in [-0.2, 0) is 10.8 Å². The molecule has 0 amide bonds. The van der Waals surface area contributed by atoms with Gasteiger partial charge >= 0.3 is 0 Å². The minimum Gasteiger partial charge on any atom is -0.256 e. The molecular formula is C68H48N4. The van der Waals surface area contributed by atoms with Gasteiger partial charge in [-0.25, -0.2) is 9.97 Å². The molecule has 3 aromatic heterocycles. The maximum atomic E-state index is 5.64. The average molecular weight is 921 g/mol. The van der Waals surface area contributed by atoms with Crippen LogP contribution in [0.3, 0.4) is 0 Å². The highest BCUT2D eigenvalue weighted by Gasteiger charge is 2.37. The number of hydrogen-bond acceptors (Lipinski definition) is 4. The molecule has 0 aliphatic heterocycles. The van der Waals surface area contributed by atoms with Crippen LogP contribution in [0.5, 0.6) is 0 Å². The second-order valence-electron chi connectivity index (χ2n) is 20.6. The first-order chi connectivity index (χ1) is 35.2. The smallest absolute Gasteiger partial charge is 0.160 e. The molecule has 0 saturated heterocycles. The fraction of sp³-hybridized carbons (Fsp3) is 0.0882. The van der Waals surface area contributed by atoms with Crippen molar-refractivity contribution < 1.29 is 0 Å². The number of hydrogen-bond donors (Lipinski definition) is 0. The third kappa shape index (κ3) is 6.45. The van der Waals surface area contributed by atoms with Crippen LogP contribution in [0.4, 0.5) is 0 Å². The fourth-order valence-corrected chi connectivity index (χ4v) is 12.0. The molecule has 3 heterocycles. The lowest BCUT2D eigenvalue weighted by molar-refractivity contribution is 0.660. The van der Waals surface area contributed by atoms with E-state index in [1.165, 1.54) is 44.5 Å². The lowest BCUT2D eigenvalue weighted by atomic mass is 9.81. The monoisotopic (exact) mass is 920 g/mol. The van der Waals surface area contributed by atoms with E-state index in [2.05, 4.69) is 234 Å². The van der Waals surface area contributed by atoms with E-state index in [0.29, 0.717) is 5.82 Å². The van der Waals surface area contributed by atoms with Gasteiger partial charge in [0.25, 0.3) is 0 Å². The molecule has 340 valence electrons. The summed E-state index contributed by atoms with van der Waals surface area (Å²) in [5.41, 5.74) is 22.5. The molecule has 0 unspecified atom stereocenters. The molecule has 0 bridgehead atoms. The predicted octanol–water partition coefficient (Wildman–Crippen LogP) is 17.3. The van der Waals surface area contributed by atoms with E-state index in [-0.39, 0.29) is 10.8 Å². The lowest BCUT2D eigenvalue weighted by Crippen LogP contribution is -2.15. The van der Waals surface area contributed by atoms with Gasteiger partial charge < -0.3 is 0 Å². The van der Waals surface area contributed by atoms with E-state index in [4.69, 9.17) is 19.9 Å². The normalized spacial score (nSPS) is 13.8. The number of aromatic nitrogens is 4. The van der Waals surface area contributed by atoms with Crippen molar-refractivity contribution in [3.63, 3.8) is 0 Å². The van der Waals surface area contributed by atoms with E-state index in [9.17, 15) is 0 Å². The van der Waals surface area contributed by atoms with Crippen LogP contribution in [0.25, 0.3) is 122 Å². The Balaban J connectivity index is 1.00. The Labute approximate surface area is 419 Å². The summed E-state index contributed by atoms with van der Waals surface area (Å²) in [5, 5.41) is 5.57. The molecule has 0 saturated carbocycles. The summed E-state index contributed by atoms with van der Waals surface area (Å²) in [5.74, 6) is 0.662. The van der Waals surface area contributed by atoms with Gasteiger partial charge in [-0.1, -0.05) is 198 Å². The standard InChI is InChI=1S/C68H48N4/c1-67(2)58-19-11-9-17-52(58)54-31-29-47(39-60(54)67)49-37-56(48-30-32-55-53-18-10-12-20-59(53)68(3,4)61(55)40-48)65-57(38-49)64(45-23-21-43(22-24-45)62-50-15-7-5-13-41(50)33-35-69-62)71-66(72-65)46-27-25-44(26-28-46)63-51-16-8-6-14-42(51)34-36-70-63/h5-40H,1-4H3. The van der Waals surface area contributed by atoms with E-state index < -0.39 is 0 Å². The van der Waals surface area contributed by atoms with Gasteiger partial charge in [0.2, 0.25) is 0 Å². The Morgan fingerprint density at radius 3 is 1.31 bits per heavy atom. The van der Waals surface area contributed by atoms with Gasteiger partial charge in [-0.3, -0.25) is 9.97 Å². The van der Waals surface area contributed by atoms with E-state index in [1.807, 2.05) is 12.4 Å². The first-order valence-corrected chi connectivity index (χ1v) is 24.9. The number of fused-ring (bicyclic) bond motifs is 9. The van der Waals surface area contributed by atoms with Gasteiger partial charge in [-0.2, -0.15) is 0 Å². The summed E-state index contributed by atoms with van der Waals surface area (Å²) >= 11 is 0. The van der Waals surface area contributed by atoms with Crippen molar-refractivity contribution in [2.45, 2.75) is 38.5 Å². The Hall–Kier alpha value is -8.86. The second-order valence-corrected chi connectivity index (χ2v) is 20.6. The van der Waals surface area contributed by atoms with Gasteiger partial charge in [-0.05, 0) is 108 Å². The Morgan fingerprint density at radius 2 is 0.736 bits per heavy atom. The molecule has 0 N–H and O–H groups in total. The van der Waals surface area contributed by atoms with E-state index >= 15 is 0 Å². The highest BCUT2D eigenvalue weighted by molar-refractivity contribution is 6.06. The molecular weight excluding hydrogens is 873 g/mol. The quantitative estimate of drug-likeness (QED) is 0.167. The molecule has 0 atom stereocenters. The molecule has 0 radical (unpaired) electrons. The fourth-order valence-electron chi connectivity index (χ4n) is 12.0. The Bertz CT molecular complexity index is 4190. The van der Waals surface area contributed by atoms with Gasteiger partial charge in [-0.15, -0.1) is 0 Å². The van der Waals surface area contributed by atoms with Crippen molar-refractivity contribution in [1.29, 1.82) is 0 Å². The van der Waals surface area contributed by atoms with Crippen molar-refractivity contribution in [3.8, 4) is 89.7 Å². The number of rotatable bonds is 6. The summed E-state index contributed by atoms with van der Waals surface area (Å²) in [4.78, 5) is 21.0. The van der Waals surface area contributed by atoms with Crippen LogP contribution in [0.2, 0.25) is 0 Å². The number of pyridine rings is 2. The maximum Gasteiger partial charge on any atom is 0.160 e. The summed E-state index contributed by atoms with van der Waals surface area (Å²) in [6.45, 7) is 9.42. The van der Waals surface area contributed by atoms with Crippen molar-refractivity contribution in [3.05, 3.63) is 241 Å². The van der Waals surface area contributed by atoms with E-state index in [0.717, 1.165) is 94.0 Å². The Kier molecular flexibility index (Phi) is 9.25. The van der Waals surface area contributed by atoms with Gasteiger partial charge in [0, 0.05) is 67.2 Å². The largest absolute Gasteiger partial charge is 0.256 e. The molecule has 12 aromatic rings. The van der Waals surface area contributed by atoms with Crippen molar-refractivity contribution in [2.75, 3.05) is 0 Å². The van der Waals surface area contributed by atoms with Crippen LogP contribution >= 0.6 is 0 Å². The Morgan fingerprint density at radius 1 is 0.292 bits per heavy atom. The minimum atomic E-state index is -0.178. The maximum absolute atomic E-state index is 5.64. The zero-order chi connectivity index (χ0) is 48.3. The van der Waals surface area contributed by atoms with Crippen molar-refractivity contribution in [2.24, 2.45) is 0 Å². The van der Waals surface area contributed by atoms with Crippen molar-refractivity contribution in [1.82, 2.24) is 19.9 Å². The zero-order valence-electron chi connectivity index (χ0n) is 40.6. The van der Waals surface area contributed by atoms with Crippen LogP contribution in [-0.4, -0.2) is 19.9 Å². The first-order valence-electron chi connectivity index (χ1n) is 24.9. The SMILES string of the molecule is CC1(C)c2ccccc2-c2ccc(-c3cc(-c4ccc5c(c4)C(C)(C)c4ccccc4-5)c4nc(-c5ccc(-c6nccc7ccccc67)cc5)nc(-c5ccc(-c6nccc7ccccc67)cc5)c4c3)cc21. The van der Waals surface area contributed by atoms with Crippen LogP contribution in [0, 0.1) is 0 Å². The molecule has 0 fully saturated rings. The average Bonchev–Trinajstić information content (AvgIpc) is 3.80. The molecule has 72 heavy (non-hydrogen) atoms. The molecule has 4 heteroatoms. The first kappa shape index (κ1) is 42.1. The molecule has 2 aliphatic carbocycles. The summed E-state index contributed by atoms with van der Waals surface area (Å²) in [7, 11) is 0. The van der Waals surface area contributed by atoms with Gasteiger partial charge in [0.15, 0.2) is 5.82 Å². The van der Waals surface area contributed by atoms with E-state index in [1.54, 1.807) is 0 Å². The molecule has 14 rings (SSSR count). The van der Waals surface area contributed by atoms with Gasteiger partial charge in [0.05, 0.1) is 22.6 Å². The number of nitrogens with zero attached hydrogens (tertiary/aromatic N) is 4. The second kappa shape index (κ2) is 15.8. The summed E-state index contributed by atoms with van der Waals surface area (Å²) in [6.07, 6.45) is 3.79. The molecule has 9 aromatic carbocycles. The third-order valence-electron chi connectivity index (χ3n) is 15.8. The number of benzene rings is 9. The highest BCUT2D eigenvalue weighted by Crippen LogP contribution is 2.52. The zero-order valence-corrected chi connectivity index (χ0v) is 40.6. The van der Waals surface area contributed by atoms with Crippen LogP contribution in [0.1, 0.15) is 49.9 Å². The highest BCUT2D eigenvalue weighted by atomic mass is 14.9. The summed E-state index contributed by atoms with van der Waals surface area (Å²) < 4.78 is 0. The molecule has 2 aliphatic rings. The molecule has 4 nitrogen and oxygen atoms in total. The topological polar surface area (TPSA) is 51.6 Å². The van der Waals surface area contributed by atoms with Crippen LogP contribution in [0.15, 0.2) is 219 Å². The van der Waals surface area contributed by atoms with Crippen LogP contribution < -0.4 is 0 Å². The minimum absolute atomic E-state index is 0.148. The van der Waals surface area contributed by atoms with Gasteiger partial charge in [0.1, 0.15) is 0 Å². The third-order valence-corrected chi connectivity index (χ3v) is 15.8. The lowest BCUT2D eigenvalue weighted by Gasteiger charge is -2.23.